The van der Waals surface area contributed by atoms with E-state index in [4.69, 9.17) is 9.84 Å². The van der Waals surface area contributed by atoms with Gasteiger partial charge < -0.3 is 9.84 Å². The molecule has 0 aliphatic carbocycles. The SMILES string of the molecule is CC1CC(C)N(CCOc2ccc(C#CCCO)cc2)C1. The second kappa shape index (κ2) is 8.07. The number of hydrogen-bond donors (Lipinski definition) is 1. The predicted molar refractivity (Wildman–Crippen MR) is 85.3 cm³/mol. The first kappa shape index (κ1) is 15.9. The van der Waals surface area contributed by atoms with Crippen molar-refractivity contribution in [2.75, 3.05) is 26.3 Å². The number of rotatable bonds is 5. The third-order valence-corrected chi connectivity index (χ3v) is 3.88. The topological polar surface area (TPSA) is 32.7 Å². The number of ether oxygens (including phenoxy) is 1. The fourth-order valence-corrected chi connectivity index (χ4v) is 2.83. The van der Waals surface area contributed by atoms with Crippen molar-refractivity contribution in [3.05, 3.63) is 29.8 Å². The van der Waals surface area contributed by atoms with Crippen LogP contribution in [0.3, 0.4) is 0 Å². The Bertz CT molecular complexity index is 486. The van der Waals surface area contributed by atoms with E-state index in [9.17, 15) is 0 Å². The first-order valence-corrected chi connectivity index (χ1v) is 7.75. The normalized spacial score (nSPS) is 21.9. The van der Waals surface area contributed by atoms with Crippen LogP contribution in [0.15, 0.2) is 24.3 Å². The van der Waals surface area contributed by atoms with Crippen LogP contribution in [0.5, 0.6) is 5.75 Å². The van der Waals surface area contributed by atoms with Crippen molar-refractivity contribution in [1.29, 1.82) is 0 Å². The minimum atomic E-state index is 0.113. The lowest BCUT2D eigenvalue weighted by atomic mass is 10.1. The third-order valence-electron chi connectivity index (χ3n) is 3.88. The van der Waals surface area contributed by atoms with Crippen molar-refractivity contribution >= 4 is 0 Å². The highest BCUT2D eigenvalue weighted by Gasteiger charge is 2.25. The number of aliphatic hydroxyl groups excluding tert-OH is 1. The Morgan fingerprint density at radius 1 is 1.29 bits per heavy atom. The van der Waals surface area contributed by atoms with Crippen LogP contribution >= 0.6 is 0 Å². The monoisotopic (exact) mass is 287 g/mol. The molecule has 1 fully saturated rings. The van der Waals surface area contributed by atoms with E-state index in [1.807, 2.05) is 24.3 Å². The number of hydrogen-bond acceptors (Lipinski definition) is 3. The van der Waals surface area contributed by atoms with E-state index in [1.165, 1.54) is 13.0 Å². The Balaban J connectivity index is 1.75. The molecule has 2 atom stereocenters. The number of likely N-dealkylation sites (tertiary alicyclic amines) is 1. The van der Waals surface area contributed by atoms with Gasteiger partial charge in [0, 0.05) is 31.1 Å². The molecule has 1 aliphatic heterocycles. The first-order chi connectivity index (χ1) is 10.2. The fourth-order valence-electron chi connectivity index (χ4n) is 2.83. The van der Waals surface area contributed by atoms with Crippen molar-refractivity contribution in [2.45, 2.75) is 32.7 Å². The maximum atomic E-state index is 8.68. The minimum absolute atomic E-state index is 0.113. The van der Waals surface area contributed by atoms with Crippen LogP contribution in [0.2, 0.25) is 0 Å². The predicted octanol–water partition coefficient (Wildman–Crippen LogP) is 2.53. The molecule has 0 spiro atoms. The van der Waals surface area contributed by atoms with E-state index in [2.05, 4.69) is 30.6 Å². The van der Waals surface area contributed by atoms with Gasteiger partial charge in [0.2, 0.25) is 0 Å². The fraction of sp³-hybridized carbons (Fsp3) is 0.556. The molecular weight excluding hydrogens is 262 g/mol. The van der Waals surface area contributed by atoms with Crippen molar-refractivity contribution in [3.63, 3.8) is 0 Å². The van der Waals surface area contributed by atoms with E-state index in [0.29, 0.717) is 12.5 Å². The molecule has 1 heterocycles. The van der Waals surface area contributed by atoms with Crippen molar-refractivity contribution in [2.24, 2.45) is 5.92 Å². The summed E-state index contributed by atoms with van der Waals surface area (Å²) in [6, 6.07) is 8.51. The molecule has 1 aromatic carbocycles. The summed E-state index contributed by atoms with van der Waals surface area (Å²) < 4.78 is 5.80. The highest BCUT2D eigenvalue weighted by molar-refractivity contribution is 5.38. The lowest BCUT2D eigenvalue weighted by Gasteiger charge is -2.20. The third kappa shape index (κ3) is 5.08. The van der Waals surface area contributed by atoms with Crippen LogP contribution in [-0.4, -0.2) is 42.4 Å². The molecule has 1 N–H and O–H groups in total. The van der Waals surface area contributed by atoms with Crippen LogP contribution in [0.4, 0.5) is 0 Å². The quantitative estimate of drug-likeness (QED) is 0.845. The zero-order chi connectivity index (χ0) is 15.1. The van der Waals surface area contributed by atoms with Crippen LogP contribution < -0.4 is 4.74 Å². The van der Waals surface area contributed by atoms with Gasteiger partial charge in [-0.3, -0.25) is 4.90 Å². The summed E-state index contributed by atoms with van der Waals surface area (Å²) in [5.41, 5.74) is 0.956. The molecule has 1 aliphatic rings. The molecule has 1 aromatic rings. The average molecular weight is 287 g/mol. The van der Waals surface area contributed by atoms with Crippen LogP contribution in [0, 0.1) is 17.8 Å². The van der Waals surface area contributed by atoms with Gasteiger partial charge in [-0.2, -0.15) is 0 Å². The van der Waals surface area contributed by atoms with Crippen LogP contribution in [0.1, 0.15) is 32.3 Å². The molecule has 3 heteroatoms. The summed E-state index contributed by atoms with van der Waals surface area (Å²) in [6.45, 7) is 7.62. The molecule has 1 saturated heterocycles. The maximum absolute atomic E-state index is 8.68. The van der Waals surface area contributed by atoms with Gasteiger partial charge in [0.05, 0.1) is 6.61 Å². The lowest BCUT2D eigenvalue weighted by Crippen LogP contribution is -2.31. The zero-order valence-electron chi connectivity index (χ0n) is 13.0. The zero-order valence-corrected chi connectivity index (χ0v) is 13.0. The van der Waals surface area contributed by atoms with Crippen LogP contribution in [0.25, 0.3) is 0 Å². The minimum Gasteiger partial charge on any atom is -0.492 e. The van der Waals surface area contributed by atoms with E-state index < -0.39 is 0 Å². The summed E-state index contributed by atoms with van der Waals surface area (Å²) in [5.74, 6) is 7.62. The van der Waals surface area contributed by atoms with Gasteiger partial charge in [0.15, 0.2) is 0 Å². The molecule has 0 saturated carbocycles. The average Bonchev–Trinajstić information content (AvgIpc) is 2.79. The molecule has 2 unspecified atom stereocenters. The van der Waals surface area contributed by atoms with Gasteiger partial charge in [-0.1, -0.05) is 18.8 Å². The molecule has 2 rings (SSSR count). The lowest BCUT2D eigenvalue weighted by molar-refractivity contribution is 0.202. The van der Waals surface area contributed by atoms with Gasteiger partial charge in [-0.05, 0) is 43.5 Å². The summed E-state index contributed by atoms with van der Waals surface area (Å²) >= 11 is 0. The Labute approximate surface area is 127 Å². The molecule has 0 bridgehead atoms. The van der Waals surface area contributed by atoms with Crippen LogP contribution in [-0.2, 0) is 0 Å². The number of aliphatic hydroxyl groups is 1. The Hall–Kier alpha value is -1.50. The van der Waals surface area contributed by atoms with E-state index in [0.717, 1.165) is 30.4 Å². The summed E-state index contributed by atoms with van der Waals surface area (Å²) in [5, 5.41) is 8.68. The highest BCUT2D eigenvalue weighted by atomic mass is 16.5. The van der Waals surface area contributed by atoms with Gasteiger partial charge in [0.25, 0.3) is 0 Å². The number of nitrogens with zero attached hydrogens (tertiary/aromatic N) is 1. The number of benzene rings is 1. The second-order valence-corrected chi connectivity index (χ2v) is 5.83. The smallest absolute Gasteiger partial charge is 0.119 e. The summed E-state index contributed by atoms with van der Waals surface area (Å²) in [7, 11) is 0. The Morgan fingerprint density at radius 3 is 2.67 bits per heavy atom. The molecule has 21 heavy (non-hydrogen) atoms. The Kier molecular flexibility index (Phi) is 6.10. The van der Waals surface area contributed by atoms with Crippen molar-refractivity contribution in [3.8, 4) is 17.6 Å². The molecule has 3 nitrogen and oxygen atoms in total. The highest BCUT2D eigenvalue weighted by Crippen LogP contribution is 2.21. The molecule has 0 amide bonds. The van der Waals surface area contributed by atoms with E-state index >= 15 is 0 Å². The summed E-state index contributed by atoms with van der Waals surface area (Å²) in [4.78, 5) is 2.50. The van der Waals surface area contributed by atoms with Gasteiger partial charge >= 0.3 is 0 Å². The molecule has 114 valence electrons. The molecule has 0 radical (unpaired) electrons. The van der Waals surface area contributed by atoms with Gasteiger partial charge in [0.1, 0.15) is 12.4 Å². The van der Waals surface area contributed by atoms with E-state index in [1.54, 1.807) is 0 Å². The standard InChI is InChI=1S/C18H25NO2/c1-15-13-16(2)19(14-15)10-12-21-18-8-6-17(7-9-18)5-3-4-11-20/h6-9,15-16,20H,4,10-14H2,1-2H3. The maximum Gasteiger partial charge on any atom is 0.119 e. The second-order valence-electron chi connectivity index (χ2n) is 5.83. The van der Waals surface area contributed by atoms with Gasteiger partial charge in [-0.15, -0.1) is 0 Å². The van der Waals surface area contributed by atoms with E-state index in [-0.39, 0.29) is 6.61 Å². The largest absolute Gasteiger partial charge is 0.492 e. The molecular formula is C18H25NO2. The van der Waals surface area contributed by atoms with Crippen molar-refractivity contribution < 1.29 is 9.84 Å². The Morgan fingerprint density at radius 2 is 2.05 bits per heavy atom. The summed E-state index contributed by atoms with van der Waals surface area (Å²) in [6.07, 6.45) is 1.81. The van der Waals surface area contributed by atoms with Crippen molar-refractivity contribution in [1.82, 2.24) is 4.90 Å². The van der Waals surface area contributed by atoms with Gasteiger partial charge in [-0.25, -0.2) is 0 Å². The molecule has 0 aromatic heterocycles. The first-order valence-electron chi connectivity index (χ1n) is 7.75.